The fourth-order valence-corrected chi connectivity index (χ4v) is 2.85. The maximum Gasteiger partial charge on any atom is 0.227 e. The lowest BCUT2D eigenvalue weighted by Gasteiger charge is -2.25. The van der Waals surface area contributed by atoms with Gasteiger partial charge in [0.25, 0.3) is 0 Å². The van der Waals surface area contributed by atoms with Crippen molar-refractivity contribution in [2.75, 3.05) is 13.2 Å². The van der Waals surface area contributed by atoms with Crippen molar-refractivity contribution in [3.8, 4) is 0 Å². The fourth-order valence-electron chi connectivity index (χ4n) is 2.85. The lowest BCUT2D eigenvalue weighted by molar-refractivity contribution is -0.132. The lowest BCUT2D eigenvalue weighted by atomic mass is 10.0. The minimum atomic E-state index is -0.00221. The number of carbonyl (C=O) groups is 1. The molecule has 0 radical (unpaired) electrons. The summed E-state index contributed by atoms with van der Waals surface area (Å²) in [5.41, 5.74) is 3.44. The van der Waals surface area contributed by atoms with Crippen LogP contribution in [-0.4, -0.2) is 35.1 Å². The second-order valence-corrected chi connectivity index (χ2v) is 5.71. The number of nitrogens with zero attached hydrogens (tertiary/aromatic N) is 1. The van der Waals surface area contributed by atoms with E-state index in [0.717, 1.165) is 24.1 Å². The number of rotatable bonds is 3. The first-order valence-electron chi connectivity index (χ1n) is 6.99. The Morgan fingerprint density at radius 1 is 1.42 bits per heavy atom. The van der Waals surface area contributed by atoms with Crippen LogP contribution in [0.4, 0.5) is 0 Å². The van der Waals surface area contributed by atoms with Crippen LogP contribution < -0.4 is 0 Å². The van der Waals surface area contributed by atoms with Crippen molar-refractivity contribution in [2.24, 2.45) is 5.92 Å². The SMILES string of the molecule is Cc1ccc(C)c(CC(=O)N2CCC(C)C2CO)c1. The summed E-state index contributed by atoms with van der Waals surface area (Å²) in [7, 11) is 0. The molecule has 2 unspecified atom stereocenters. The zero-order valence-electron chi connectivity index (χ0n) is 12.0. The molecule has 1 fully saturated rings. The summed E-state index contributed by atoms with van der Waals surface area (Å²) in [6, 6.07) is 6.21. The number of aliphatic hydroxyl groups excluding tert-OH is 1. The topological polar surface area (TPSA) is 40.5 Å². The summed E-state index contributed by atoms with van der Waals surface area (Å²) in [5.74, 6) is 0.532. The number of carbonyl (C=O) groups excluding carboxylic acids is 1. The van der Waals surface area contributed by atoms with Crippen LogP contribution in [0.3, 0.4) is 0 Å². The van der Waals surface area contributed by atoms with E-state index >= 15 is 0 Å². The lowest BCUT2D eigenvalue weighted by Crippen LogP contribution is -2.40. The number of likely N-dealkylation sites (tertiary alicyclic amines) is 1. The molecule has 0 spiro atoms. The summed E-state index contributed by atoms with van der Waals surface area (Å²) >= 11 is 0. The maximum atomic E-state index is 12.4. The number of benzene rings is 1. The molecule has 1 aromatic rings. The molecule has 19 heavy (non-hydrogen) atoms. The molecule has 0 aromatic heterocycles. The number of aryl methyl sites for hydroxylation is 2. The number of amides is 1. The van der Waals surface area contributed by atoms with E-state index in [9.17, 15) is 9.90 Å². The van der Waals surface area contributed by atoms with Crippen molar-refractivity contribution in [2.45, 2.75) is 39.7 Å². The van der Waals surface area contributed by atoms with Crippen LogP contribution in [-0.2, 0) is 11.2 Å². The Kier molecular flexibility index (Phi) is 4.25. The normalized spacial score (nSPS) is 22.8. The molecular formula is C16H23NO2. The van der Waals surface area contributed by atoms with Crippen molar-refractivity contribution in [3.05, 3.63) is 34.9 Å². The van der Waals surface area contributed by atoms with Gasteiger partial charge in [-0.2, -0.15) is 0 Å². The van der Waals surface area contributed by atoms with Crippen molar-refractivity contribution >= 4 is 5.91 Å². The third-order valence-electron chi connectivity index (χ3n) is 4.24. The molecule has 104 valence electrons. The van der Waals surface area contributed by atoms with Gasteiger partial charge in [-0.1, -0.05) is 30.7 Å². The zero-order valence-corrected chi connectivity index (χ0v) is 12.0. The Labute approximate surface area is 115 Å². The van der Waals surface area contributed by atoms with E-state index in [1.54, 1.807) is 0 Å². The van der Waals surface area contributed by atoms with Gasteiger partial charge in [-0.15, -0.1) is 0 Å². The zero-order chi connectivity index (χ0) is 14.0. The predicted molar refractivity (Wildman–Crippen MR) is 76.0 cm³/mol. The molecule has 0 bridgehead atoms. The highest BCUT2D eigenvalue weighted by atomic mass is 16.3. The molecule has 0 aliphatic carbocycles. The average Bonchev–Trinajstić information content (AvgIpc) is 2.75. The van der Waals surface area contributed by atoms with Gasteiger partial charge in [0.15, 0.2) is 0 Å². The van der Waals surface area contributed by atoms with E-state index < -0.39 is 0 Å². The first kappa shape index (κ1) is 14.1. The number of aliphatic hydroxyl groups is 1. The van der Waals surface area contributed by atoms with Crippen LogP contribution in [0.5, 0.6) is 0 Å². The van der Waals surface area contributed by atoms with Crippen LogP contribution in [0.25, 0.3) is 0 Å². The summed E-state index contributed by atoms with van der Waals surface area (Å²) in [6.07, 6.45) is 1.43. The second-order valence-electron chi connectivity index (χ2n) is 5.71. The molecule has 1 aliphatic rings. The number of hydrogen-bond acceptors (Lipinski definition) is 2. The maximum absolute atomic E-state index is 12.4. The first-order valence-corrected chi connectivity index (χ1v) is 6.99. The van der Waals surface area contributed by atoms with Crippen LogP contribution in [0, 0.1) is 19.8 Å². The van der Waals surface area contributed by atoms with Gasteiger partial charge >= 0.3 is 0 Å². The van der Waals surface area contributed by atoms with E-state index in [-0.39, 0.29) is 18.6 Å². The van der Waals surface area contributed by atoms with Gasteiger partial charge in [0.05, 0.1) is 19.1 Å². The molecule has 1 saturated heterocycles. The smallest absolute Gasteiger partial charge is 0.227 e. The van der Waals surface area contributed by atoms with E-state index in [1.807, 2.05) is 18.7 Å². The van der Waals surface area contributed by atoms with Gasteiger partial charge in [-0.3, -0.25) is 4.79 Å². The molecule has 3 heteroatoms. The molecule has 3 nitrogen and oxygen atoms in total. The van der Waals surface area contributed by atoms with Gasteiger partial charge in [-0.05, 0) is 37.3 Å². The molecule has 2 atom stereocenters. The minimum Gasteiger partial charge on any atom is -0.394 e. The first-order chi connectivity index (χ1) is 9.02. The highest BCUT2D eigenvalue weighted by molar-refractivity contribution is 5.79. The summed E-state index contributed by atoms with van der Waals surface area (Å²) in [5, 5.41) is 9.43. The Balaban J connectivity index is 2.11. The van der Waals surface area contributed by atoms with E-state index in [2.05, 4.69) is 25.1 Å². The summed E-state index contributed by atoms with van der Waals surface area (Å²) < 4.78 is 0. The molecule has 1 aliphatic heterocycles. The molecule has 1 amide bonds. The van der Waals surface area contributed by atoms with E-state index in [1.165, 1.54) is 5.56 Å². The predicted octanol–water partition coefficient (Wildman–Crippen LogP) is 2.08. The molecule has 0 saturated carbocycles. The molecular weight excluding hydrogens is 238 g/mol. The Bertz CT molecular complexity index is 470. The standard InChI is InChI=1S/C16H23NO2/c1-11-4-5-12(2)14(8-11)9-16(19)17-7-6-13(3)15(17)10-18/h4-5,8,13,15,18H,6-7,9-10H2,1-3H3. The van der Waals surface area contributed by atoms with E-state index in [4.69, 9.17) is 0 Å². The van der Waals surface area contributed by atoms with Gasteiger partial charge in [0, 0.05) is 6.54 Å². The van der Waals surface area contributed by atoms with Gasteiger partial charge in [0.1, 0.15) is 0 Å². The third kappa shape index (κ3) is 2.98. The van der Waals surface area contributed by atoms with Crippen molar-refractivity contribution < 1.29 is 9.90 Å². The third-order valence-corrected chi connectivity index (χ3v) is 4.24. The quantitative estimate of drug-likeness (QED) is 0.905. The molecule has 1 aromatic carbocycles. The van der Waals surface area contributed by atoms with Gasteiger partial charge in [-0.25, -0.2) is 0 Å². The summed E-state index contributed by atoms with van der Waals surface area (Å²) in [6.45, 7) is 7.03. The minimum absolute atomic E-state index is 0.00221. The van der Waals surface area contributed by atoms with E-state index in [0.29, 0.717) is 12.3 Å². The van der Waals surface area contributed by atoms with Crippen LogP contribution >= 0.6 is 0 Å². The Morgan fingerprint density at radius 3 is 2.84 bits per heavy atom. The summed E-state index contributed by atoms with van der Waals surface area (Å²) in [4.78, 5) is 14.3. The molecule has 1 N–H and O–H groups in total. The highest BCUT2D eigenvalue weighted by Crippen LogP contribution is 2.24. The Morgan fingerprint density at radius 2 is 2.16 bits per heavy atom. The highest BCUT2D eigenvalue weighted by Gasteiger charge is 2.33. The monoisotopic (exact) mass is 261 g/mol. The van der Waals surface area contributed by atoms with Crippen molar-refractivity contribution in [3.63, 3.8) is 0 Å². The molecule has 1 heterocycles. The second kappa shape index (κ2) is 5.74. The number of hydrogen-bond donors (Lipinski definition) is 1. The van der Waals surface area contributed by atoms with Crippen LogP contribution in [0.1, 0.15) is 30.0 Å². The van der Waals surface area contributed by atoms with Crippen LogP contribution in [0.2, 0.25) is 0 Å². The van der Waals surface area contributed by atoms with Crippen LogP contribution in [0.15, 0.2) is 18.2 Å². The Hall–Kier alpha value is -1.35. The van der Waals surface area contributed by atoms with Gasteiger partial charge in [0.2, 0.25) is 5.91 Å². The fraction of sp³-hybridized carbons (Fsp3) is 0.562. The average molecular weight is 261 g/mol. The van der Waals surface area contributed by atoms with Crippen molar-refractivity contribution in [1.82, 2.24) is 4.90 Å². The van der Waals surface area contributed by atoms with Crippen molar-refractivity contribution in [1.29, 1.82) is 0 Å². The van der Waals surface area contributed by atoms with Gasteiger partial charge < -0.3 is 10.0 Å². The largest absolute Gasteiger partial charge is 0.394 e. The molecule has 2 rings (SSSR count).